The van der Waals surface area contributed by atoms with Crippen molar-refractivity contribution < 1.29 is 4.79 Å². The summed E-state index contributed by atoms with van der Waals surface area (Å²) in [6.45, 7) is 5.60. The molecule has 1 aromatic heterocycles. The van der Waals surface area contributed by atoms with Gasteiger partial charge in [-0.25, -0.2) is 4.98 Å². The summed E-state index contributed by atoms with van der Waals surface area (Å²) in [5, 5.41) is 0. The number of nitrogens with zero attached hydrogens (tertiary/aromatic N) is 5. The summed E-state index contributed by atoms with van der Waals surface area (Å²) >= 11 is 0. The number of aromatic nitrogens is 2. The summed E-state index contributed by atoms with van der Waals surface area (Å²) in [5.74, 6) is 2.44. The Balaban J connectivity index is 1.17. The lowest BCUT2D eigenvalue weighted by molar-refractivity contribution is -0.136. The van der Waals surface area contributed by atoms with Crippen molar-refractivity contribution in [2.75, 3.05) is 40.3 Å². The highest BCUT2D eigenvalue weighted by Crippen LogP contribution is 2.35. The number of hydrogen-bond donors (Lipinski definition) is 0. The van der Waals surface area contributed by atoms with Gasteiger partial charge in [-0.05, 0) is 58.7 Å². The van der Waals surface area contributed by atoms with E-state index in [1.165, 1.54) is 69.6 Å². The van der Waals surface area contributed by atoms with E-state index in [0.29, 0.717) is 23.9 Å². The van der Waals surface area contributed by atoms with E-state index in [0.717, 1.165) is 38.9 Å². The number of piperidine rings is 1. The zero-order valence-corrected chi connectivity index (χ0v) is 19.6. The minimum absolute atomic E-state index is 0.130. The number of amides is 1. The van der Waals surface area contributed by atoms with Crippen LogP contribution >= 0.6 is 0 Å². The maximum atomic E-state index is 13.4. The molecule has 2 saturated heterocycles. The molecule has 6 nitrogen and oxygen atoms in total. The largest absolute Gasteiger partial charge is 0.341 e. The molecule has 3 fully saturated rings. The van der Waals surface area contributed by atoms with Crippen molar-refractivity contribution in [2.24, 2.45) is 5.92 Å². The second kappa shape index (κ2) is 9.22. The number of carbonyl (C=O) groups is 1. The van der Waals surface area contributed by atoms with Crippen LogP contribution in [0.2, 0.25) is 0 Å². The molecule has 172 valence electrons. The van der Waals surface area contributed by atoms with Crippen molar-refractivity contribution in [1.29, 1.82) is 0 Å². The molecule has 5 rings (SSSR count). The summed E-state index contributed by atoms with van der Waals surface area (Å²) in [4.78, 5) is 25.4. The Labute approximate surface area is 188 Å². The first-order valence-corrected chi connectivity index (χ1v) is 12.8. The molecule has 1 amide bonds. The van der Waals surface area contributed by atoms with Gasteiger partial charge in [0.15, 0.2) is 0 Å². The van der Waals surface area contributed by atoms with Gasteiger partial charge < -0.3 is 14.4 Å². The number of rotatable bonds is 4. The van der Waals surface area contributed by atoms with E-state index in [4.69, 9.17) is 4.98 Å². The van der Waals surface area contributed by atoms with E-state index in [1.807, 2.05) is 0 Å². The SMILES string of the molecule is CN1CCC(N2CCC(N(C)C(=O)C3CCn4c(cnc4C4CCCCC4)C3)C2)CC1. The highest BCUT2D eigenvalue weighted by Gasteiger charge is 2.36. The van der Waals surface area contributed by atoms with Crippen LogP contribution < -0.4 is 0 Å². The minimum atomic E-state index is 0.130. The minimum Gasteiger partial charge on any atom is -0.341 e. The molecular weight excluding hydrogens is 386 g/mol. The summed E-state index contributed by atoms with van der Waals surface area (Å²) in [6.07, 6.45) is 14.2. The van der Waals surface area contributed by atoms with Gasteiger partial charge >= 0.3 is 0 Å². The molecule has 3 aliphatic heterocycles. The normalized spacial score (nSPS) is 29.2. The van der Waals surface area contributed by atoms with E-state index >= 15 is 0 Å². The molecule has 0 aromatic carbocycles. The van der Waals surface area contributed by atoms with Crippen LogP contribution in [-0.4, -0.2) is 82.5 Å². The summed E-state index contributed by atoms with van der Waals surface area (Å²) in [6, 6.07) is 1.10. The van der Waals surface area contributed by atoms with E-state index in [9.17, 15) is 4.79 Å². The smallest absolute Gasteiger partial charge is 0.226 e. The monoisotopic (exact) mass is 427 g/mol. The Kier molecular flexibility index (Phi) is 6.38. The molecule has 0 N–H and O–H groups in total. The number of hydrogen-bond acceptors (Lipinski definition) is 4. The number of carbonyl (C=O) groups excluding carboxylic acids is 1. The molecule has 1 saturated carbocycles. The highest BCUT2D eigenvalue weighted by atomic mass is 16.2. The Hall–Kier alpha value is -1.40. The Morgan fingerprint density at radius 2 is 1.77 bits per heavy atom. The predicted octanol–water partition coefficient (Wildman–Crippen LogP) is 3.12. The Bertz CT molecular complexity index is 762. The first-order valence-electron chi connectivity index (χ1n) is 12.8. The molecule has 4 heterocycles. The Morgan fingerprint density at radius 3 is 2.55 bits per heavy atom. The molecule has 2 atom stereocenters. The molecule has 0 radical (unpaired) electrons. The van der Waals surface area contributed by atoms with Crippen LogP contribution in [-0.2, 0) is 17.8 Å². The standard InChI is InChI=1S/C25H41N5O/c1-27-12-9-21(10-13-27)29-14-11-22(18-29)28(2)25(31)20-8-15-30-23(16-20)17-26-24(30)19-6-4-3-5-7-19/h17,19-22H,3-16,18H2,1-2H3. The molecular formula is C25H41N5O. The van der Waals surface area contributed by atoms with Crippen molar-refractivity contribution >= 4 is 5.91 Å². The lowest BCUT2D eigenvalue weighted by Gasteiger charge is -2.36. The number of fused-ring (bicyclic) bond motifs is 1. The van der Waals surface area contributed by atoms with Crippen molar-refractivity contribution in [2.45, 2.75) is 88.8 Å². The third kappa shape index (κ3) is 4.43. The van der Waals surface area contributed by atoms with Gasteiger partial charge in [0, 0.05) is 68.9 Å². The Morgan fingerprint density at radius 1 is 1.00 bits per heavy atom. The number of likely N-dealkylation sites (N-methyl/N-ethyl adjacent to an activating group) is 1. The molecule has 6 heteroatoms. The van der Waals surface area contributed by atoms with Gasteiger partial charge in [0.25, 0.3) is 0 Å². The average Bonchev–Trinajstić information content (AvgIpc) is 3.46. The van der Waals surface area contributed by atoms with Crippen LogP contribution in [0.4, 0.5) is 0 Å². The van der Waals surface area contributed by atoms with E-state index < -0.39 is 0 Å². The molecule has 0 spiro atoms. The van der Waals surface area contributed by atoms with Crippen LogP contribution in [0.15, 0.2) is 6.20 Å². The second-order valence-corrected chi connectivity index (χ2v) is 10.7. The first-order chi connectivity index (χ1) is 15.1. The van der Waals surface area contributed by atoms with E-state index in [-0.39, 0.29) is 5.92 Å². The van der Waals surface area contributed by atoms with Crippen LogP contribution in [0.1, 0.15) is 75.2 Å². The second-order valence-electron chi connectivity index (χ2n) is 10.7. The summed E-state index contributed by atoms with van der Waals surface area (Å²) in [7, 11) is 4.29. The predicted molar refractivity (Wildman–Crippen MR) is 123 cm³/mol. The third-order valence-electron chi connectivity index (χ3n) is 8.74. The van der Waals surface area contributed by atoms with Crippen LogP contribution in [0.5, 0.6) is 0 Å². The average molecular weight is 428 g/mol. The van der Waals surface area contributed by atoms with Crippen molar-refractivity contribution in [3.05, 3.63) is 17.7 Å². The topological polar surface area (TPSA) is 44.6 Å². The van der Waals surface area contributed by atoms with Gasteiger partial charge in [-0.2, -0.15) is 0 Å². The zero-order valence-electron chi connectivity index (χ0n) is 19.6. The lowest BCUT2D eigenvalue weighted by atomic mass is 9.88. The molecule has 1 aliphatic carbocycles. The fourth-order valence-corrected chi connectivity index (χ4v) is 6.63. The van der Waals surface area contributed by atoms with Crippen LogP contribution in [0.25, 0.3) is 0 Å². The van der Waals surface area contributed by atoms with Crippen molar-refractivity contribution in [3.63, 3.8) is 0 Å². The molecule has 4 aliphatic rings. The number of imidazole rings is 1. The lowest BCUT2D eigenvalue weighted by Crippen LogP contribution is -2.46. The van der Waals surface area contributed by atoms with Crippen LogP contribution in [0, 0.1) is 5.92 Å². The number of likely N-dealkylation sites (tertiary alicyclic amines) is 2. The third-order valence-corrected chi connectivity index (χ3v) is 8.74. The maximum absolute atomic E-state index is 13.4. The van der Waals surface area contributed by atoms with Gasteiger partial charge in [0.05, 0.1) is 0 Å². The summed E-state index contributed by atoms with van der Waals surface area (Å²) in [5.41, 5.74) is 1.29. The maximum Gasteiger partial charge on any atom is 0.226 e. The molecule has 0 bridgehead atoms. The molecule has 31 heavy (non-hydrogen) atoms. The van der Waals surface area contributed by atoms with Gasteiger partial charge in [-0.1, -0.05) is 19.3 Å². The molecule has 2 unspecified atom stereocenters. The molecule has 1 aromatic rings. The van der Waals surface area contributed by atoms with E-state index in [2.05, 4.69) is 39.6 Å². The summed E-state index contributed by atoms with van der Waals surface area (Å²) < 4.78 is 2.46. The van der Waals surface area contributed by atoms with Gasteiger partial charge in [0.2, 0.25) is 5.91 Å². The fourth-order valence-electron chi connectivity index (χ4n) is 6.63. The quantitative estimate of drug-likeness (QED) is 0.741. The van der Waals surface area contributed by atoms with Gasteiger partial charge in [-0.15, -0.1) is 0 Å². The van der Waals surface area contributed by atoms with Crippen LogP contribution in [0.3, 0.4) is 0 Å². The van der Waals surface area contributed by atoms with Gasteiger partial charge in [-0.3, -0.25) is 9.69 Å². The van der Waals surface area contributed by atoms with Crippen molar-refractivity contribution in [3.8, 4) is 0 Å². The van der Waals surface area contributed by atoms with E-state index in [1.54, 1.807) is 0 Å². The van der Waals surface area contributed by atoms with Gasteiger partial charge in [0.1, 0.15) is 5.82 Å². The highest BCUT2D eigenvalue weighted by molar-refractivity contribution is 5.79. The zero-order chi connectivity index (χ0) is 21.4. The first kappa shape index (κ1) is 21.4. The fraction of sp³-hybridized carbons (Fsp3) is 0.840. The van der Waals surface area contributed by atoms with Crippen molar-refractivity contribution in [1.82, 2.24) is 24.3 Å².